The first kappa shape index (κ1) is 14.1. The van der Waals surface area contributed by atoms with E-state index in [-0.39, 0.29) is 11.9 Å². The van der Waals surface area contributed by atoms with Gasteiger partial charge < -0.3 is 15.5 Å². The van der Waals surface area contributed by atoms with Crippen LogP contribution >= 0.6 is 0 Å². The zero-order valence-electron chi connectivity index (χ0n) is 10.1. The number of aliphatic hydroxyl groups is 2. The lowest BCUT2D eigenvalue weighted by Crippen LogP contribution is -2.23. The molecule has 0 aliphatic heterocycles. The molecule has 1 aromatic carbocycles. The predicted octanol–water partition coefficient (Wildman–Crippen LogP) is 1.61. The smallest absolute Gasteiger partial charge is 0.123 e. The van der Waals surface area contributed by atoms with Crippen molar-refractivity contribution in [3.05, 3.63) is 35.6 Å². The number of benzene rings is 1. The fourth-order valence-electron chi connectivity index (χ4n) is 1.59. The number of rotatable bonds is 7. The van der Waals surface area contributed by atoms with Gasteiger partial charge in [0.25, 0.3) is 0 Å². The van der Waals surface area contributed by atoms with Gasteiger partial charge in [0.1, 0.15) is 5.82 Å². The van der Waals surface area contributed by atoms with Gasteiger partial charge in [0.2, 0.25) is 0 Å². The normalized spacial score (nSPS) is 14.6. The van der Waals surface area contributed by atoms with E-state index >= 15 is 0 Å². The average molecular weight is 241 g/mol. The Bertz CT molecular complexity index is 331. The topological polar surface area (TPSA) is 52.5 Å². The number of nitrogens with one attached hydrogen (secondary N) is 1. The van der Waals surface area contributed by atoms with E-state index in [4.69, 9.17) is 5.11 Å². The van der Waals surface area contributed by atoms with Gasteiger partial charge in [-0.05, 0) is 44.0 Å². The van der Waals surface area contributed by atoms with Crippen LogP contribution in [0.2, 0.25) is 0 Å². The van der Waals surface area contributed by atoms with Crippen molar-refractivity contribution in [2.24, 2.45) is 0 Å². The molecule has 0 aliphatic rings. The maximum Gasteiger partial charge on any atom is 0.123 e. The van der Waals surface area contributed by atoms with Crippen LogP contribution in [0.4, 0.5) is 4.39 Å². The molecule has 0 amide bonds. The standard InChI is InChI=1S/C13H20FNO2/c1-10(16)4-3-7-15-9-13(17)11-5-2-6-12(14)8-11/h2,5-6,8,10,13,15-17H,3-4,7,9H2,1H3. The summed E-state index contributed by atoms with van der Waals surface area (Å²) < 4.78 is 12.9. The van der Waals surface area contributed by atoms with Crippen molar-refractivity contribution < 1.29 is 14.6 Å². The molecule has 0 radical (unpaired) electrons. The zero-order valence-corrected chi connectivity index (χ0v) is 10.1. The molecule has 3 nitrogen and oxygen atoms in total. The first-order chi connectivity index (χ1) is 8.09. The van der Waals surface area contributed by atoms with Gasteiger partial charge in [-0.25, -0.2) is 4.39 Å². The Balaban J connectivity index is 2.23. The molecule has 1 rings (SSSR count). The third-order valence-corrected chi connectivity index (χ3v) is 2.55. The van der Waals surface area contributed by atoms with Crippen molar-refractivity contribution in [3.63, 3.8) is 0 Å². The lowest BCUT2D eigenvalue weighted by atomic mass is 10.1. The average Bonchev–Trinajstić information content (AvgIpc) is 2.28. The summed E-state index contributed by atoms with van der Waals surface area (Å²) in [6.45, 7) is 2.88. The van der Waals surface area contributed by atoms with Crippen LogP contribution < -0.4 is 5.32 Å². The maximum atomic E-state index is 12.9. The van der Waals surface area contributed by atoms with Gasteiger partial charge in [0.15, 0.2) is 0 Å². The number of hydrogen-bond donors (Lipinski definition) is 3. The van der Waals surface area contributed by atoms with Gasteiger partial charge in [0, 0.05) is 6.54 Å². The third kappa shape index (κ3) is 5.77. The van der Waals surface area contributed by atoms with E-state index in [0.717, 1.165) is 19.4 Å². The van der Waals surface area contributed by atoms with Gasteiger partial charge in [-0.3, -0.25) is 0 Å². The second-order valence-electron chi connectivity index (χ2n) is 4.27. The van der Waals surface area contributed by atoms with E-state index in [9.17, 15) is 9.50 Å². The maximum absolute atomic E-state index is 12.9. The second-order valence-corrected chi connectivity index (χ2v) is 4.27. The van der Waals surface area contributed by atoms with Crippen LogP contribution in [0.3, 0.4) is 0 Å². The summed E-state index contributed by atoms with van der Waals surface area (Å²) in [5.74, 6) is -0.337. The van der Waals surface area contributed by atoms with E-state index in [1.54, 1.807) is 19.1 Å². The molecule has 2 unspecified atom stereocenters. The van der Waals surface area contributed by atoms with Crippen molar-refractivity contribution in [2.45, 2.75) is 32.0 Å². The lowest BCUT2D eigenvalue weighted by Gasteiger charge is -2.12. The van der Waals surface area contributed by atoms with E-state index in [0.29, 0.717) is 12.1 Å². The molecule has 17 heavy (non-hydrogen) atoms. The van der Waals surface area contributed by atoms with Gasteiger partial charge in [-0.1, -0.05) is 12.1 Å². The fourth-order valence-corrected chi connectivity index (χ4v) is 1.59. The van der Waals surface area contributed by atoms with Crippen LogP contribution in [-0.2, 0) is 0 Å². The van der Waals surface area contributed by atoms with Crippen molar-refractivity contribution >= 4 is 0 Å². The molecule has 0 saturated carbocycles. The molecule has 4 heteroatoms. The summed E-state index contributed by atoms with van der Waals surface area (Å²) in [5, 5.41) is 21.9. The first-order valence-electron chi connectivity index (χ1n) is 5.92. The summed E-state index contributed by atoms with van der Waals surface area (Å²) in [6.07, 6.45) is 0.610. The molecule has 3 N–H and O–H groups in total. The molecule has 0 fully saturated rings. The van der Waals surface area contributed by atoms with E-state index in [2.05, 4.69) is 5.32 Å². The zero-order chi connectivity index (χ0) is 12.7. The highest BCUT2D eigenvalue weighted by Gasteiger charge is 2.07. The van der Waals surface area contributed by atoms with E-state index in [1.165, 1.54) is 12.1 Å². The Morgan fingerprint density at radius 2 is 2.12 bits per heavy atom. The van der Waals surface area contributed by atoms with Crippen LogP contribution in [0.15, 0.2) is 24.3 Å². The highest BCUT2D eigenvalue weighted by atomic mass is 19.1. The van der Waals surface area contributed by atoms with Crippen LogP contribution in [-0.4, -0.2) is 29.4 Å². The predicted molar refractivity (Wildman–Crippen MR) is 65.1 cm³/mol. The van der Waals surface area contributed by atoms with Crippen molar-refractivity contribution in [2.75, 3.05) is 13.1 Å². The molecule has 1 aromatic rings. The molecule has 0 aliphatic carbocycles. The van der Waals surface area contributed by atoms with Gasteiger partial charge >= 0.3 is 0 Å². The summed E-state index contributed by atoms with van der Waals surface area (Å²) in [4.78, 5) is 0. The monoisotopic (exact) mass is 241 g/mol. The first-order valence-corrected chi connectivity index (χ1v) is 5.92. The lowest BCUT2D eigenvalue weighted by molar-refractivity contribution is 0.168. The van der Waals surface area contributed by atoms with E-state index in [1.807, 2.05) is 0 Å². The van der Waals surface area contributed by atoms with Gasteiger partial charge in [0.05, 0.1) is 12.2 Å². The summed E-state index contributed by atoms with van der Waals surface area (Å²) >= 11 is 0. The molecule has 0 heterocycles. The van der Waals surface area contributed by atoms with Crippen molar-refractivity contribution in [1.82, 2.24) is 5.32 Å². The Kier molecular flexibility index (Phi) is 6.11. The van der Waals surface area contributed by atoms with Gasteiger partial charge in [-0.2, -0.15) is 0 Å². The summed E-state index contributed by atoms with van der Waals surface area (Å²) in [7, 11) is 0. The van der Waals surface area contributed by atoms with Crippen LogP contribution in [0, 0.1) is 5.82 Å². The quantitative estimate of drug-likeness (QED) is 0.636. The third-order valence-electron chi connectivity index (χ3n) is 2.55. The molecule has 0 spiro atoms. The summed E-state index contributed by atoms with van der Waals surface area (Å²) in [6, 6.07) is 5.97. The minimum absolute atomic E-state index is 0.287. The SMILES string of the molecule is CC(O)CCCNCC(O)c1cccc(F)c1. The molecule has 2 atom stereocenters. The minimum Gasteiger partial charge on any atom is -0.393 e. The minimum atomic E-state index is -0.697. The van der Waals surface area contributed by atoms with Crippen LogP contribution in [0.5, 0.6) is 0 Å². The van der Waals surface area contributed by atoms with E-state index < -0.39 is 6.10 Å². The Morgan fingerprint density at radius 1 is 1.35 bits per heavy atom. The molecule has 96 valence electrons. The van der Waals surface area contributed by atoms with Gasteiger partial charge in [-0.15, -0.1) is 0 Å². The Hall–Kier alpha value is -0.970. The fraction of sp³-hybridized carbons (Fsp3) is 0.538. The van der Waals surface area contributed by atoms with Crippen LogP contribution in [0.1, 0.15) is 31.4 Å². The largest absolute Gasteiger partial charge is 0.393 e. The highest BCUT2D eigenvalue weighted by Crippen LogP contribution is 2.12. The summed E-state index contributed by atoms with van der Waals surface area (Å²) in [5.41, 5.74) is 0.577. The van der Waals surface area contributed by atoms with Crippen molar-refractivity contribution in [1.29, 1.82) is 0 Å². The number of halogens is 1. The molecular formula is C13H20FNO2. The highest BCUT2D eigenvalue weighted by molar-refractivity contribution is 5.18. The Labute approximate surface area is 101 Å². The number of aliphatic hydroxyl groups excluding tert-OH is 2. The Morgan fingerprint density at radius 3 is 2.76 bits per heavy atom. The van der Waals surface area contributed by atoms with Crippen LogP contribution in [0.25, 0.3) is 0 Å². The number of hydrogen-bond acceptors (Lipinski definition) is 3. The molecule has 0 saturated heterocycles. The molecular weight excluding hydrogens is 221 g/mol. The molecule has 0 bridgehead atoms. The molecule has 0 aromatic heterocycles. The van der Waals surface area contributed by atoms with Crippen molar-refractivity contribution in [3.8, 4) is 0 Å². The second kappa shape index (κ2) is 7.37.